The minimum atomic E-state index is 0. The summed E-state index contributed by atoms with van der Waals surface area (Å²) in [6.07, 6.45) is 0.883. The van der Waals surface area contributed by atoms with E-state index in [0.29, 0.717) is 12.5 Å². The Morgan fingerprint density at radius 1 is 1.26 bits per heavy atom. The van der Waals surface area contributed by atoms with Gasteiger partial charge in [-0.05, 0) is 13.0 Å². The number of furan rings is 1. The Bertz CT molecular complexity index is 900. The van der Waals surface area contributed by atoms with Crippen LogP contribution in [0, 0.1) is 6.92 Å². The van der Waals surface area contributed by atoms with Gasteiger partial charge in [-0.15, -0.1) is 35.3 Å². The number of nitrogens with zero attached hydrogens (tertiary/aromatic N) is 2. The van der Waals surface area contributed by atoms with Crippen LogP contribution in [0.2, 0.25) is 0 Å². The Morgan fingerprint density at radius 2 is 2.04 bits per heavy atom. The average Bonchev–Trinajstić information content (AvgIpc) is 3.23. The Kier molecular flexibility index (Phi) is 8.09. The number of hydrogen-bond acceptors (Lipinski definition) is 4. The van der Waals surface area contributed by atoms with Gasteiger partial charge >= 0.3 is 0 Å². The van der Waals surface area contributed by atoms with Crippen molar-refractivity contribution >= 4 is 52.2 Å². The Balaban J connectivity index is 0.00000261. The zero-order valence-electron chi connectivity index (χ0n) is 16.2. The first-order valence-corrected chi connectivity index (χ1v) is 9.82. The minimum absolute atomic E-state index is 0. The first kappa shape index (κ1) is 21.7. The van der Waals surface area contributed by atoms with Crippen LogP contribution >= 0.6 is 35.3 Å². The van der Waals surface area contributed by atoms with Gasteiger partial charge in [-0.2, -0.15) is 0 Å². The topological polar surface area (TPSA) is 62.5 Å². The van der Waals surface area contributed by atoms with E-state index >= 15 is 0 Å². The lowest BCUT2D eigenvalue weighted by molar-refractivity contribution is 0.534. The van der Waals surface area contributed by atoms with Gasteiger partial charge < -0.3 is 15.1 Å². The first-order valence-electron chi connectivity index (χ1n) is 8.94. The van der Waals surface area contributed by atoms with Gasteiger partial charge in [0, 0.05) is 42.3 Å². The number of rotatable bonds is 6. The third kappa shape index (κ3) is 5.44. The van der Waals surface area contributed by atoms with Crippen LogP contribution in [0.15, 0.2) is 39.1 Å². The van der Waals surface area contributed by atoms with E-state index < -0.39 is 0 Å². The highest BCUT2D eigenvalue weighted by Gasteiger charge is 2.10. The molecule has 0 aliphatic rings. The number of aryl methyl sites for hydroxylation is 1. The highest BCUT2D eigenvalue weighted by Crippen LogP contribution is 2.24. The molecule has 0 unspecified atom stereocenters. The van der Waals surface area contributed by atoms with Crippen LogP contribution in [-0.2, 0) is 13.0 Å². The largest absolute Gasteiger partial charge is 0.459 e. The van der Waals surface area contributed by atoms with E-state index in [4.69, 9.17) is 4.42 Å². The molecular formula is C20H27IN4OS. The molecule has 0 saturated heterocycles. The van der Waals surface area contributed by atoms with Gasteiger partial charge in [-0.3, -0.25) is 4.99 Å². The number of nitrogens with one attached hydrogen (secondary N) is 2. The summed E-state index contributed by atoms with van der Waals surface area (Å²) in [5.41, 5.74) is 3.23. The van der Waals surface area contributed by atoms with Crippen LogP contribution in [-0.4, -0.2) is 24.5 Å². The Hall–Kier alpha value is -1.61. The molecule has 0 aliphatic heterocycles. The number of aliphatic imine (C=N–C) groups is 1. The molecule has 146 valence electrons. The number of hydrogen-bond donors (Lipinski definition) is 2. The smallest absolute Gasteiger partial charge is 0.191 e. The summed E-state index contributed by atoms with van der Waals surface area (Å²) in [5.74, 6) is 2.20. The van der Waals surface area contributed by atoms with Crippen LogP contribution in [0.3, 0.4) is 0 Å². The second-order valence-corrected chi connectivity index (χ2v) is 7.47. The Labute approximate surface area is 181 Å². The van der Waals surface area contributed by atoms with Crippen molar-refractivity contribution in [3.05, 3.63) is 51.7 Å². The molecule has 2 heterocycles. The summed E-state index contributed by atoms with van der Waals surface area (Å²) in [7, 11) is 1.78. The average molecular weight is 498 g/mol. The molecule has 3 aromatic rings. The van der Waals surface area contributed by atoms with E-state index in [-0.39, 0.29) is 24.0 Å². The second kappa shape index (κ2) is 10.1. The molecular weight excluding hydrogens is 471 g/mol. The lowest BCUT2D eigenvalue weighted by atomic mass is 10.1. The van der Waals surface area contributed by atoms with Crippen molar-refractivity contribution in [3.8, 4) is 0 Å². The summed E-state index contributed by atoms with van der Waals surface area (Å²) in [6, 6.07) is 8.11. The maximum Gasteiger partial charge on any atom is 0.191 e. The lowest BCUT2D eigenvalue weighted by Crippen LogP contribution is -2.37. The Morgan fingerprint density at radius 3 is 2.70 bits per heavy atom. The molecule has 0 fully saturated rings. The van der Waals surface area contributed by atoms with Crippen molar-refractivity contribution in [1.29, 1.82) is 0 Å². The fourth-order valence-electron chi connectivity index (χ4n) is 2.79. The fraction of sp³-hybridized carbons (Fsp3) is 0.400. The van der Waals surface area contributed by atoms with Crippen molar-refractivity contribution < 1.29 is 4.42 Å². The highest BCUT2D eigenvalue weighted by atomic mass is 127. The van der Waals surface area contributed by atoms with Crippen molar-refractivity contribution in [2.24, 2.45) is 4.99 Å². The summed E-state index contributed by atoms with van der Waals surface area (Å²) in [6.45, 7) is 7.83. The monoisotopic (exact) mass is 498 g/mol. The highest BCUT2D eigenvalue weighted by molar-refractivity contribution is 14.0. The van der Waals surface area contributed by atoms with Crippen molar-refractivity contribution in [3.63, 3.8) is 0 Å². The van der Waals surface area contributed by atoms with Crippen LogP contribution in [0.1, 0.15) is 41.8 Å². The van der Waals surface area contributed by atoms with Crippen LogP contribution < -0.4 is 10.6 Å². The molecule has 3 rings (SSSR count). The molecule has 2 aromatic heterocycles. The first-order chi connectivity index (χ1) is 12.6. The molecule has 0 radical (unpaired) electrons. The van der Waals surface area contributed by atoms with Gasteiger partial charge in [0.15, 0.2) is 5.96 Å². The molecule has 5 nitrogen and oxygen atoms in total. The molecule has 0 spiro atoms. The summed E-state index contributed by atoms with van der Waals surface area (Å²) < 4.78 is 5.94. The molecule has 0 saturated carbocycles. The van der Waals surface area contributed by atoms with Gasteiger partial charge in [0.2, 0.25) is 0 Å². The predicted molar refractivity (Wildman–Crippen MR) is 124 cm³/mol. The summed E-state index contributed by atoms with van der Waals surface area (Å²) in [4.78, 5) is 8.95. The van der Waals surface area contributed by atoms with E-state index in [9.17, 15) is 0 Å². The third-order valence-corrected chi connectivity index (χ3v) is 5.51. The van der Waals surface area contributed by atoms with E-state index in [1.54, 1.807) is 18.4 Å². The molecule has 0 atom stereocenters. The zero-order chi connectivity index (χ0) is 18.5. The summed E-state index contributed by atoms with van der Waals surface area (Å²) in [5, 5.41) is 11.2. The number of guanidine groups is 1. The SMILES string of the molecule is CN=C(NCCc1csc(C(C)C)n1)NCc1oc2ccccc2c1C.I. The molecule has 1 aromatic carbocycles. The van der Waals surface area contributed by atoms with Gasteiger partial charge in [0.25, 0.3) is 0 Å². The molecule has 2 N–H and O–H groups in total. The zero-order valence-corrected chi connectivity index (χ0v) is 19.4. The third-order valence-electron chi connectivity index (χ3n) is 4.32. The number of halogens is 1. The molecule has 0 aliphatic carbocycles. The van der Waals surface area contributed by atoms with Crippen molar-refractivity contribution in [2.75, 3.05) is 13.6 Å². The number of benzene rings is 1. The molecule has 0 amide bonds. The van der Waals surface area contributed by atoms with Gasteiger partial charge in [-0.1, -0.05) is 32.0 Å². The van der Waals surface area contributed by atoms with Crippen LogP contribution in [0.5, 0.6) is 0 Å². The van der Waals surface area contributed by atoms with Gasteiger partial charge in [0.05, 0.1) is 17.2 Å². The molecule has 27 heavy (non-hydrogen) atoms. The fourth-order valence-corrected chi connectivity index (χ4v) is 3.66. The number of thiazole rings is 1. The van der Waals surface area contributed by atoms with Gasteiger partial charge in [0.1, 0.15) is 11.3 Å². The lowest BCUT2D eigenvalue weighted by Gasteiger charge is -2.10. The minimum Gasteiger partial charge on any atom is -0.459 e. The van der Waals surface area contributed by atoms with Crippen molar-refractivity contribution in [2.45, 2.75) is 39.7 Å². The second-order valence-electron chi connectivity index (χ2n) is 6.58. The standard InChI is InChI=1S/C20H26N4OS.HI/c1-13(2)19-24-15(12-26-19)9-10-22-20(21-4)23-11-18-14(3)16-7-5-6-8-17(16)25-18;/h5-8,12-13H,9-11H2,1-4H3,(H2,21,22,23);1H. The number of aromatic nitrogens is 1. The van der Waals surface area contributed by atoms with Crippen molar-refractivity contribution in [1.82, 2.24) is 15.6 Å². The quantitative estimate of drug-likeness (QED) is 0.290. The molecule has 0 bridgehead atoms. The maximum atomic E-state index is 5.94. The molecule has 7 heteroatoms. The van der Waals surface area contributed by atoms with E-state index in [2.05, 4.69) is 52.8 Å². The van der Waals surface area contributed by atoms with E-state index in [1.165, 1.54) is 10.6 Å². The van der Waals surface area contributed by atoms with Crippen LogP contribution in [0.4, 0.5) is 0 Å². The number of fused-ring (bicyclic) bond motifs is 1. The summed E-state index contributed by atoms with van der Waals surface area (Å²) >= 11 is 1.74. The number of para-hydroxylation sites is 1. The van der Waals surface area contributed by atoms with E-state index in [1.807, 2.05) is 18.2 Å². The predicted octanol–water partition coefficient (Wildman–Crippen LogP) is 4.85. The maximum absolute atomic E-state index is 5.94. The van der Waals surface area contributed by atoms with Crippen LogP contribution in [0.25, 0.3) is 11.0 Å². The normalized spacial score (nSPS) is 11.7. The van der Waals surface area contributed by atoms with Gasteiger partial charge in [-0.25, -0.2) is 4.98 Å². The van der Waals surface area contributed by atoms with E-state index in [0.717, 1.165) is 41.3 Å².